The maximum atomic E-state index is 11.6. The van der Waals surface area contributed by atoms with Crippen LogP contribution in [-0.2, 0) is 4.79 Å². The second kappa shape index (κ2) is 5.48. The van der Waals surface area contributed by atoms with Crippen molar-refractivity contribution in [2.24, 2.45) is 5.92 Å². The average Bonchev–Trinajstić information content (AvgIpc) is 3.18. The van der Waals surface area contributed by atoms with Crippen LogP contribution in [0.5, 0.6) is 0 Å². The fourth-order valence-electron chi connectivity index (χ4n) is 1.53. The molecule has 18 heavy (non-hydrogen) atoms. The lowest BCUT2D eigenvalue weighted by atomic mass is 10.3. The number of rotatable bonds is 5. The number of hydrogen-bond donors (Lipinski definition) is 3. The highest BCUT2D eigenvalue weighted by molar-refractivity contribution is 5.92. The summed E-state index contributed by atoms with van der Waals surface area (Å²) >= 11 is 0. The fourth-order valence-corrected chi connectivity index (χ4v) is 1.53. The van der Waals surface area contributed by atoms with Crippen molar-refractivity contribution < 1.29 is 9.59 Å². The summed E-state index contributed by atoms with van der Waals surface area (Å²) in [4.78, 5) is 36.3. The zero-order chi connectivity index (χ0) is 13.0. The van der Waals surface area contributed by atoms with Gasteiger partial charge < -0.3 is 15.6 Å². The molecule has 1 aliphatic rings. The third-order valence-electron chi connectivity index (χ3n) is 2.67. The number of carbonyl (C=O) groups is 2. The van der Waals surface area contributed by atoms with Crippen molar-refractivity contribution in [1.29, 1.82) is 0 Å². The molecule has 1 aliphatic carbocycles. The summed E-state index contributed by atoms with van der Waals surface area (Å²) in [5, 5.41) is 5.35. The molecule has 1 fully saturated rings. The first-order chi connectivity index (χ1) is 8.66. The lowest BCUT2D eigenvalue weighted by Crippen LogP contribution is -2.35. The van der Waals surface area contributed by atoms with E-state index in [2.05, 4.69) is 15.6 Å². The van der Waals surface area contributed by atoms with Crippen molar-refractivity contribution in [3.8, 4) is 0 Å². The Balaban J connectivity index is 1.71. The Morgan fingerprint density at radius 1 is 1.22 bits per heavy atom. The Hall–Kier alpha value is -2.11. The molecule has 0 aromatic carbocycles. The van der Waals surface area contributed by atoms with Crippen LogP contribution in [0.25, 0.3) is 0 Å². The number of carbonyl (C=O) groups excluding carboxylic acids is 2. The van der Waals surface area contributed by atoms with Crippen molar-refractivity contribution in [1.82, 2.24) is 15.6 Å². The van der Waals surface area contributed by atoms with Crippen LogP contribution in [0.2, 0.25) is 0 Å². The molecule has 0 saturated heterocycles. The third kappa shape index (κ3) is 3.44. The van der Waals surface area contributed by atoms with E-state index in [1.807, 2.05) is 0 Å². The van der Waals surface area contributed by atoms with E-state index >= 15 is 0 Å². The second-order valence-electron chi connectivity index (χ2n) is 4.25. The van der Waals surface area contributed by atoms with Gasteiger partial charge in [-0.05, 0) is 18.9 Å². The number of aromatic amines is 1. The average molecular weight is 249 g/mol. The number of nitrogens with one attached hydrogen (secondary N) is 3. The molecule has 96 valence electrons. The summed E-state index contributed by atoms with van der Waals surface area (Å²) in [6, 6.07) is 4.38. The topological polar surface area (TPSA) is 91.1 Å². The summed E-state index contributed by atoms with van der Waals surface area (Å²) in [7, 11) is 0. The molecule has 0 spiro atoms. The lowest BCUT2D eigenvalue weighted by Gasteiger charge is -2.06. The lowest BCUT2D eigenvalue weighted by molar-refractivity contribution is -0.122. The van der Waals surface area contributed by atoms with Crippen molar-refractivity contribution in [2.45, 2.75) is 12.8 Å². The Morgan fingerprint density at radius 3 is 2.61 bits per heavy atom. The largest absolute Gasteiger partial charge is 0.354 e. The minimum Gasteiger partial charge on any atom is -0.354 e. The van der Waals surface area contributed by atoms with Crippen LogP contribution < -0.4 is 16.2 Å². The molecule has 0 unspecified atom stereocenters. The van der Waals surface area contributed by atoms with Gasteiger partial charge in [-0.1, -0.05) is 6.07 Å². The van der Waals surface area contributed by atoms with E-state index in [-0.39, 0.29) is 29.0 Å². The highest BCUT2D eigenvalue weighted by Gasteiger charge is 2.28. The predicted octanol–water partition coefficient (Wildman–Crippen LogP) is -0.369. The van der Waals surface area contributed by atoms with E-state index in [0.717, 1.165) is 12.8 Å². The Kier molecular flexibility index (Phi) is 3.76. The first kappa shape index (κ1) is 12.3. The van der Waals surface area contributed by atoms with Crippen molar-refractivity contribution in [2.75, 3.05) is 13.1 Å². The van der Waals surface area contributed by atoms with Gasteiger partial charge in [0.15, 0.2) is 0 Å². The number of aromatic nitrogens is 1. The van der Waals surface area contributed by atoms with Gasteiger partial charge in [-0.3, -0.25) is 14.4 Å². The van der Waals surface area contributed by atoms with E-state index < -0.39 is 0 Å². The molecule has 3 N–H and O–H groups in total. The van der Waals surface area contributed by atoms with E-state index in [9.17, 15) is 14.4 Å². The van der Waals surface area contributed by atoms with E-state index in [1.165, 1.54) is 18.2 Å². The van der Waals surface area contributed by atoms with Crippen LogP contribution in [-0.4, -0.2) is 29.9 Å². The predicted molar refractivity (Wildman–Crippen MR) is 65.1 cm³/mol. The van der Waals surface area contributed by atoms with E-state index in [1.54, 1.807) is 0 Å². The van der Waals surface area contributed by atoms with Gasteiger partial charge in [-0.2, -0.15) is 0 Å². The zero-order valence-electron chi connectivity index (χ0n) is 9.86. The molecule has 0 aliphatic heterocycles. The smallest absolute Gasteiger partial charge is 0.267 e. The quantitative estimate of drug-likeness (QED) is 0.622. The van der Waals surface area contributed by atoms with Crippen molar-refractivity contribution in [3.63, 3.8) is 0 Å². The zero-order valence-corrected chi connectivity index (χ0v) is 9.86. The van der Waals surface area contributed by atoms with Crippen LogP contribution in [0.15, 0.2) is 23.0 Å². The molecule has 1 heterocycles. The first-order valence-electron chi connectivity index (χ1n) is 5.92. The van der Waals surface area contributed by atoms with E-state index in [0.29, 0.717) is 13.1 Å². The molecular formula is C12H15N3O3. The highest BCUT2D eigenvalue weighted by Crippen LogP contribution is 2.28. The molecule has 1 aromatic rings. The minimum absolute atomic E-state index is 0.0531. The molecule has 1 aromatic heterocycles. The summed E-state index contributed by atoms with van der Waals surface area (Å²) in [5.41, 5.74) is -0.0966. The SMILES string of the molecule is O=C(NCCNC(=O)C1CC1)c1cccc(=O)[nH]1. The van der Waals surface area contributed by atoms with Crippen molar-refractivity contribution in [3.05, 3.63) is 34.2 Å². The Labute approximate surface area is 104 Å². The second-order valence-corrected chi connectivity index (χ2v) is 4.25. The Bertz CT molecular complexity index is 505. The van der Waals surface area contributed by atoms with Crippen molar-refractivity contribution >= 4 is 11.8 Å². The molecule has 6 heteroatoms. The first-order valence-corrected chi connectivity index (χ1v) is 5.92. The van der Waals surface area contributed by atoms with Gasteiger partial charge in [0, 0.05) is 25.1 Å². The Morgan fingerprint density at radius 2 is 1.94 bits per heavy atom. The standard InChI is InChI=1S/C12H15N3O3/c16-10-3-1-2-9(15-10)12(18)14-7-6-13-11(17)8-4-5-8/h1-3,8H,4-7H2,(H,13,17)(H,14,18)(H,15,16). The molecule has 2 rings (SSSR count). The van der Waals surface area contributed by atoms with Crippen LogP contribution >= 0.6 is 0 Å². The minimum atomic E-state index is -0.353. The van der Waals surface area contributed by atoms with Gasteiger partial charge in [0.1, 0.15) is 5.69 Å². The maximum absolute atomic E-state index is 11.6. The summed E-state index contributed by atoms with van der Waals surface area (Å²) in [6.07, 6.45) is 1.92. The van der Waals surface area contributed by atoms with Crippen LogP contribution in [0, 0.1) is 5.92 Å². The fraction of sp³-hybridized carbons (Fsp3) is 0.417. The number of amides is 2. The number of hydrogen-bond acceptors (Lipinski definition) is 3. The number of H-pyrrole nitrogens is 1. The molecule has 1 saturated carbocycles. The highest BCUT2D eigenvalue weighted by atomic mass is 16.2. The molecule has 2 amide bonds. The van der Waals surface area contributed by atoms with Crippen LogP contribution in [0.4, 0.5) is 0 Å². The van der Waals surface area contributed by atoms with Gasteiger partial charge in [0.05, 0.1) is 0 Å². The molecule has 6 nitrogen and oxygen atoms in total. The van der Waals surface area contributed by atoms with Gasteiger partial charge in [0.2, 0.25) is 11.5 Å². The van der Waals surface area contributed by atoms with Gasteiger partial charge in [0.25, 0.3) is 5.91 Å². The molecule has 0 atom stereocenters. The summed E-state index contributed by atoms with van der Waals surface area (Å²) < 4.78 is 0. The van der Waals surface area contributed by atoms with Gasteiger partial charge in [-0.15, -0.1) is 0 Å². The number of pyridine rings is 1. The molecular weight excluding hydrogens is 234 g/mol. The monoisotopic (exact) mass is 249 g/mol. The normalized spacial score (nSPS) is 14.0. The van der Waals surface area contributed by atoms with Crippen LogP contribution in [0.1, 0.15) is 23.3 Å². The summed E-state index contributed by atoms with van der Waals surface area (Å²) in [6.45, 7) is 0.742. The van der Waals surface area contributed by atoms with E-state index in [4.69, 9.17) is 0 Å². The maximum Gasteiger partial charge on any atom is 0.267 e. The van der Waals surface area contributed by atoms with Crippen LogP contribution in [0.3, 0.4) is 0 Å². The van der Waals surface area contributed by atoms with Gasteiger partial charge >= 0.3 is 0 Å². The summed E-state index contributed by atoms with van der Waals surface area (Å²) in [5.74, 6) is -0.128. The van der Waals surface area contributed by atoms with Gasteiger partial charge in [-0.25, -0.2) is 0 Å². The molecule has 0 bridgehead atoms. The molecule has 0 radical (unpaired) electrons. The third-order valence-corrected chi connectivity index (χ3v) is 2.67.